The number of carbonyl (C=O) groups excluding carboxylic acids is 2. The number of nitrogens with two attached hydrogens (primary N) is 1. The van der Waals surface area contributed by atoms with Crippen molar-refractivity contribution in [1.29, 1.82) is 0 Å². The Morgan fingerprint density at radius 2 is 1.85 bits per heavy atom. The number of alkyl halides is 3. The molecule has 0 bridgehead atoms. The Balaban J connectivity index is 1.82. The number of aromatic nitrogens is 4. The molecular formula is C27H16ClF5N6O2. The lowest BCUT2D eigenvalue weighted by Crippen LogP contribution is -2.21. The van der Waals surface area contributed by atoms with Crippen LogP contribution in [0.3, 0.4) is 0 Å². The van der Waals surface area contributed by atoms with Gasteiger partial charge in [-0.3, -0.25) is 19.4 Å². The maximum absolute atomic E-state index is 14.4. The summed E-state index contributed by atoms with van der Waals surface area (Å²) in [6, 6.07) is 4.25. The van der Waals surface area contributed by atoms with Gasteiger partial charge in [-0.1, -0.05) is 11.6 Å². The number of nitrogens with one attached hydrogen (secondary N) is 2. The van der Waals surface area contributed by atoms with Gasteiger partial charge in [0.25, 0.3) is 5.91 Å². The number of aromatic amines is 1. The molecule has 0 aliphatic carbocycles. The summed E-state index contributed by atoms with van der Waals surface area (Å²) in [6.45, 7) is 0. The summed E-state index contributed by atoms with van der Waals surface area (Å²) in [4.78, 5) is 26.0. The van der Waals surface area contributed by atoms with Crippen molar-refractivity contribution in [3.8, 4) is 22.4 Å². The van der Waals surface area contributed by atoms with Crippen molar-refractivity contribution < 1.29 is 31.5 Å². The standard InChI is InChI=1S/C27H16ClF5N6O2/c1-39-24(10-8-35-36-9-10)16-7-14(19-15(25(34)40)5-12(30)6-17(19)27(31,32)33)20-21(23(16)38-39)26(41)37-22(20)13-4-11(29)2-3-18(13)28/h2-9,22H,1H3,(H2,34,40)(H,35,36)(H,37,41). The summed E-state index contributed by atoms with van der Waals surface area (Å²) >= 11 is 6.36. The second-order valence-electron chi connectivity index (χ2n) is 9.38. The maximum Gasteiger partial charge on any atom is 0.417 e. The minimum absolute atomic E-state index is 0.0148. The summed E-state index contributed by atoms with van der Waals surface area (Å²) in [5, 5.41) is 13.9. The zero-order valence-corrected chi connectivity index (χ0v) is 21.5. The molecule has 5 aromatic rings. The highest BCUT2D eigenvalue weighted by molar-refractivity contribution is 6.31. The minimum Gasteiger partial charge on any atom is -0.366 e. The van der Waals surface area contributed by atoms with Crippen molar-refractivity contribution in [3.63, 3.8) is 0 Å². The van der Waals surface area contributed by atoms with Crippen molar-refractivity contribution >= 4 is 34.3 Å². The molecule has 0 saturated heterocycles. The van der Waals surface area contributed by atoms with Gasteiger partial charge in [0.05, 0.1) is 34.6 Å². The van der Waals surface area contributed by atoms with Gasteiger partial charge in [0.1, 0.15) is 17.2 Å². The molecule has 208 valence electrons. The fourth-order valence-corrected chi connectivity index (χ4v) is 5.59. The van der Waals surface area contributed by atoms with Crippen LogP contribution in [0.4, 0.5) is 22.0 Å². The lowest BCUT2D eigenvalue weighted by molar-refractivity contribution is -0.137. The smallest absolute Gasteiger partial charge is 0.366 e. The largest absolute Gasteiger partial charge is 0.417 e. The number of halogens is 6. The number of amides is 2. The number of carbonyl (C=O) groups is 2. The monoisotopic (exact) mass is 586 g/mol. The van der Waals surface area contributed by atoms with Gasteiger partial charge >= 0.3 is 6.18 Å². The Morgan fingerprint density at radius 3 is 2.51 bits per heavy atom. The number of fused-ring (bicyclic) bond motifs is 3. The number of aryl methyl sites for hydroxylation is 1. The van der Waals surface area contributed by atoms with E-state index in [0.29, 0.717) is 17.3 Å². The van der Waals surface area contributed by atoms with Crippen LogP contribution in [0.25, 0.3) is 33.3 Å². The first-order valence-corrected chi connectivity index (χ1v) is 12.2. The van der Waals surface area contributed by atoms with Crippen molar-refractivity contribution in [2.24, 2.45) is 12.8 Å². The Hall–Kier alpha value is -4.78. The number of hydrogen-bond acceptors (Lipinski definition) is 4. The molecule has 1 atom stereocenters. The van der Waals surface area contributed by atoms with Gasteiger partial charge in [-0.2, -0.15) is 23.4 Å². The third-order valence-electron chi connectivity index (χ3n) is 6.94. The third-order valence-corrected chi connectivity index (χ3v) is 7.29. The Morgan fingerprint density at radius 1 is 1.10 bits per heavy atom. The Kier molecular flexibility index (Phi) is 5.89. The van der Waals surface area contributed by atoms with E-state index < -0.39 is 52.4 Å². The molecule has 0 saturated carbocycles. The summed E-state index contributed by atoms with van der Waals surface area (Å²) in [7, 11) is 1.57. The van der Waals surface area contributed by atoms with Crippen LogP contribution in [0, 0.1) is 11.6 Å². The molecule has 0 radical (unpaired) electrons. The molecular weight excluding hydrogens is 571 g/mol. The lowest BCUT2D eigenvalue weighted by Gasteiger charge is -2.22. The number of rotatable bonds is 4. The van der Waals surface area contributed by atoms with E-state index in [9.17, 15) is 31.5 Å². The van der Waals surface area contributed by atoms with Crippen molar-refractivity contribution in [2.75, 3.05) is 0 Å². The molecule has 2 amide bonds. The van der Waals surface area contributed by atoms with E-state index in [2.05, 4.69) is 20.6 Å². The highest BCUT2D eigenvalue weighted by Crippen LogP contribution is 2.49. The number of benzene rings is 3. The molecule has 6 rings (SSSR count). The van der Waals surface area contributed by atoms with Crippen LogP contribution in [0.2, 0.25) is 5.02 Å². The van der Waals surface area contributed by atoms with Gasteiger partial charge in [-0.25, -0.2) is 8.78 Å². The molecule has 4 N–H and O–H groups in total. The highest BCUT2D eigenvalue weighted by atomic mass is 35.5. The van der Waals surface area contributed by atoms with Gasteiger partial charge in [0.15, 0.2) is 0 Å². The molecule has 0 fully saturated rings. The third kappa shape index (κ3) is 4.11. The van der Waals surface area contributed by atoms with Gasteiger partial charge in [-0.15, -0.1) is 0 Å². The summed E-state index contributed by atoms with van der Waals surface area (Å²) in [5.74, 6) is -4.12. The predicted octanol–water partition coefficient (Wildman–Crippen LogP) is 5.51. The quantitative estimate of drug-likeness (QED) is 0.241. The topological polar surface area (TPSA) is 119 Å². The van der Waals surface area contributed by atoms with Gasteiger partial charge in [0, 0.05) is 45.9 Å². The van der Waals surface area contributed by atoms with E-state index in [1.54, 1.807) is 7.05 Å². The number of primary amides is 1. The van der Waals surface area contributed by atoms with Crippen molar-refractivity contribution in [3.05, 3.63) is 93.3 Å². The van der Waals surface area contributed by atoms with Crippen LogP contribution in [0.15, 0.2) is 48.8 Å². The van der Waals surface area contributed by atoms with Gasteiger partial charge in [0.2, 0.25) is 5.91 Å². The predicted molar refractivity (Wildman–Crippen MR) is 138 cm³/mol. The molecule has 8 nitrogen and oxygen atoms in total. The van der Waals surface area contributed by atoms with E-state index in [-0.39, 0.29) is 44.2 Å². The molecule has 0 spiro atoms. The van der Waals surface area contributed by atoms with Crippen LogP contribution in [-0.2, 0) is 13.2 Å². The highest BCUT2D eigenvalue weighted by Gasteiger charge is 2.42. The molecule has 2 aromatic heterocycles. The van der Waals surface area contributed by atoms with Crippen LogP contribution in [-0.4, -0.2) is 31.8 Å². The van der Waals surface area contributed by atoms with Crippen molar-refractivity contribution in [2.45, 2.75) is 12.2 Å². The van der Waals surface area contributed by atoms with Crippen LogP contribution >= 0.6 is 11.6 Å². The Bertz CT molecular complexity index is 1920. The first-order chi connectivity index (χ1) is 19.4. The zero-order valence-electron chi connectivity index (χ0n) is 20.7. The molecule has 41 heavy (non-hydrogen) atoms. The van der Waals surface area contributed by atoms with E-state index >= 15 is 0 Å². The van der Waals surface area contributed by atoms with E-state index in [4.69, 9.17) is 17.3 Å². The first-order valence-electron chi connectivity index (χ1n) is 11.9. The Labute approximate surface area is 231 Å². The number of hydrogen-bond donors (Lipinski definition) is 3. The SMILES string of the molecule is Cn1nc2c3c(c(-c4c(C(N)=O)cc(F)cc4C(F)(F)F)cc2c1-c1cn[nH]c1)C(c1cc(F)ccc1Cl)NC3=O. The summed E-state index contributed by atoms with van der Waals surface area (Å²) in [6.07, 6.45) is -2.17. The average Bonchev–Trinajstić information content (AvgIpc) is 3.61. The van der Waals surface area contributed by atoms with Crippen LogP contribution in [0.1, 0.15) is 43.4 Å². The average molecular weight is 587 g/mol. The molecule has 3 aromatic carbocycles. The molecule has 1 aliphatic heterocycles. The molecule has 1 unspecified atom stereocenters. The second kappa shape index (κ2) is 9.13. The normalized spacial score (nSPS) is 14.9. The maximum atomic E-state index is 14.4. The number of nitrogens with zero attached hydrogens (tertiary/aromatic N) is 3. The van der Waals surface area contributed by atoms with E-state index in [1.165, 1.54) is 29.2 Å². The fourth-order valence-electron chi connectivity index (χ4n) is 5.36. The minimum atomic E-state index is -5.15. The fraction of sp³-hybridized carbons (Fsp3) is 0.111. The van der Waals surface area contributed by atoms with Crippen molar-refractivity contribution in [1.82, 2.24) is 25.3 Å². The molecule has 14 heteroatoms. The zero-order chi connectivity index (χ0) is 29.4. The van der Waals surface area contributed by atoms with Crippen LogP contribution < -0.4 is 11.1 Å². The molecule has 1 aliphatic rings. The summed E-state index contributed by atoms with van der Waals surface area (Å²) < 4.78 is 73.5. The lowest BCUT2D eigenvalue weighted by atomic mass is 9.84. The number of H-pyrrole nitrogens is 1. The summed E-state index contributed by atoms with van der Waals surface area (Å²) in [5.41, 5.74) is 3.03. The molecule has 3 heterocycles. The van der Waals surface area contributed by atoms with E-state index in [1.807, 2.05) is 0 Å². The van der Waals surface area contributed by atoms with Crippen LogP contribution in [0.5, 0.6) is 0 Å². The van der Waals surface area contributed by atoms with Gasteiger partial charge < -0.3 is 11.1 Å². The van der Waals surface area contributed by atoms with Gasteiger partial charge in [-0.05, 0) is 42.0 Å². The second-order valence-corrected chi connectivity index (χ2v) is 9.79. The first kappa shape index (κ1) is 26.4. The van der Waals surface area contributed by atoms with E-state index in [0.717, 1.165) is 12.1 Å².